The van der Waals surface area contributed by atoms with Crippen LogP contribution in [0.5, 0.6) is 0 Å². The summed E-state index contributed by atoms with van der Waals surface area (Å²) in [5.41, 5.74) is 5.95. The fraction of sp³-hybridized carbons (Fsp3) is 0.182. The van der Waals surface area contributed by atoms with E-state index in [1.54, 1.807) is 0 Å². The van der Waals surface area contributed by atoms with Crippen molar-refractivity contribution in [3.05, 3.63) is 60.2 Å². The molecular formula is C22H19NO. The molecule has 0 atom stereocenters. The van der Waals surface area contributed by atoms with Gasteiger partial charge in [-0.2, -0.15) is 0 Å². The largest absolute Gasteiger partial charge is 0.455 e. The molecule has 2 heterocycles. The summed E-state index contributed by atoms with van der Waals surface area (Å²) in [7, 11) is 2.16. The van der Waals surface area contributed by atoms with Crippen LogP contribution in [0.15, 0.2) is 59.0 Å². The number of rotatable bonds is 2. The van der Waals surface area contributed by atoms with Crippen molar-refractivity contribution in [3.63, 3.8) is 0 Å². The second kappa shape index (κ2) is 4.88. The highest BCUT2D eigenvalue weighted by atomic mass is 16.3. The SMILES string of the molecule is CCCc1cccc2c3c4oc5ccccc5c4ccc3n(C)c12. The molecule has 0 amide bonds. The number of hydrogen-bond acceptors (Lipinski definition) is 1. The maximum Gasteiger partial charge on any atom is 0.145 e. The van der Waals surface area contributed by atoms with Gasteiger partial charge in [-0.1, -0.05) is 49.7 Å². The van der Waals surface area contributed by atoms with Gasteiger partial charge in [0.15, 0.2) is 0 Å². The molecule has 5 aromatic rings. The van der Waals surface area contributed by atoms with Crippen molar-refractivity contribution < 1.29 is 4.42 Å². The van der Waals surface area contributed by atoms with Gasteiger partial charge in [0, 0.05) is 23.2 Å². The van der Waals surface area contributed by atoms with E-state index < -0.39 is 0 Å². The van der Waals surface area contributed by atoms with Crippen LogP contribution in [0.3, 0.4) is 0 Å². The Bertz CT molecular complexity index is 1220. The number of aryl methyl sites for hydroxylation is 2. The Morgan fingerprint density at radius 3 is 2.58 bits per heavy atom. The number of fused-ring (bicyclic) bond motifs is 7. The van der Waals surface area contributed by atoms with Crippen molar-refractivity contribution in [2.45, 2.75) is 19.8 Å². The molecule has 0 aliphatic rings. The lowest BCUT2D eigenvalue weighted by atomic mass is 10.0. The minimum atomic E-state index is 0.960. The molecule has 118 valence electrons. The first-order valence-electron chi connectivity index (χ1n) is 8.60. The first-order valence-corrected chi connectivity index (χ1v) is 8.60. The minimum absolute atomic E-state index is 0.960. The third kappa shape index (κ3) is 1.66. The van der Waals surface area contributed by atoms with Crippen LogP contribution < -0.4 is 0 Å². The molecule has 0 aliphatic carbocycles. The van der Waals surface area contributed by atoms with Gasteiger partial charge < -0.3 is 8.98 Å². The van der Waals surface area contributed by atoms with Crippen molar-refractivity contribution in [1.29, 1.82) is 0 Å². The van der Waals surface area contributed by atoms with Gasteiger partial charge in [-0.15, -0.1) is 0 Å². The highest BCUT2D eigenvalue weighted by Gasteiger charge is 2.17. The van der Waals surface area contributed by atoms with Gasteiger partial charge in [-0.3, -0.25) is 0 Å². The van der Waals surface area contributed by atoms with Crippen LogP contribution in [-0.2, 0) is 13.5 Å². The van der Waals surface area contributed by atoms with E-state index in [1.807, 2.05) is 6.07 Å². The molecule has 5 rings (SSSR count). The topological polar surface area (TPSA) is 18.1 Å². The lowest BCUT2D eigenvalue weighted by Gasteiger charge is -2.04. The monoisotopic (exact) mass is 313 g/mol. The van der Waals surface area contributed by atoms with Crippen LogP contribution in [0, 0.1) is 0 Å². The Labute approximate surface area is 140 Å². The first kappa shape index (κ1) is 13.7. The van der Waals surface area contributed by atoms with E-state index >= 15 is 0 Å². The van der Waals surface area contributed by atoms with Crippen molar-refractivity contribution >= 4 is 43.7 Å². The third-order valence-electron chi connectivity index (χ3n) is 5.13. The lowest BCUT2D eigenvalue weighted by molar-refractivity contribution is 0.673. The van der Waals surface area contributed by atoms with E-state index in [4.69, 9.17) is 4.42 Å². The number of hydrogen-bond donors (Lipinski definition) is 0. The molecule has 24 heavy (non-hydrogen) atoms. The zero-order valence-corrected chi connectivity index (χ0v) is 14.0. The molecule has 0 N–H and O–H groups in total. The maximum atomic E-state index is 6.27. The van der Waals surface area contributed by atoms with E-state index in [0.717, 1.165) is 24.0 Å². The van der Waals surface area contributed by atoms with E-state index in [2.05, 4.69) is 67.1 Å². The second-order valence-corrected chi connectivity index (χ2v) is 6.56. The highest BCUT2D eigenvalue weighted by Crippen LogP contribution is 2.39. The quantitative estimate of drug-likeness (QED) is 0.380. The standard InChI is InChI=1S/C22H19NO/c1-3-7-14-8-6-10-17-20-18(23(2)21(14)17)13-12-16-15-9-4-5-11-19(15)24-22(16)20/h4-6,8-13H,3,7H2,1-2H3. The number of benzene rings is 3. The van der Waals surface area contributed by atoms with Crippen LogP contribution in [0.25, 0.3) is 43.7 Å². The first-order chi connectivity index (χ1) is 11.8. The Morgan fingerprint density at radius 1 is 0.875 bits per heavy atom. The molecule has 0 saturated heterocycles. The van der Waals surface area contributed by atoms with Crippen LogP contribution >= 0.6 is 0 Å². The summed E-state index contributed by atoms with van der Waals surface area (Å²) in [4.78, 5) is 0. The smallest absolute Gasteiger partial charge is 0.145 e. The number of para-hydroxylation sites is 2. The molecule has 3 aromatic carbocycles. The van der Waals surface area contributed by atoms with Crippen molar-refractivity contribution in [3.8, 4) is 0 Å². The minimum Gasteiger partial charge on any atom is -0.455 e. The zero-order valence-electron chi connectivity index (χ0n) is 14.0. The summed E-state index contributed by atoms with van der Waals surface area (Å²) in [6.07, 6.45) is 2.26. The number of nitrogens with zero attached hydrogens (tertiary/aromatic N) is 1. The molecule has 0 fully saturated rings. The fourth-order valence-electron chi connectivity index (χ4n) is 4.10. The molecule has 2 nitrogen and oxygen atoms in total. The number of furan rings is 1. The predicted octanol–water partition coefficient (Wildman–Crippen LogP) is 6.18. The van der Waals surface area contributed by atoms with Crippen molar-refractivity contribution in [2.24, 2.45) is 7.05 Å². The molecule has 0 radical (unpaired) electrons. The normalized spacial score (nSPS) is 12.1. The third-order valence-corrected chi connectivity index (χ3v) is 5.13. The molecular weight excluding hydrogens is 294 g/mol. The molecule has 0 aliphatic heterocycles. The maximum absolute atomic E-state index is 6.27. The van der Waals surface area contributed by atoms with E-state index in [9.17, 15) is 0 Å². The summed E-state index contributed by atoms with van der Waals surface area (Å²) in [5.74, 6) is 0. The van der Waals surface area contributed by atoms with Crippen LogP contribution in [0.4, 0.5) is 0 Å². The molecule has 0 bridgehead atoms. The summed E-state index contributed by atoms with van der Waals surface area (Å²) in [5, 5.41) is 4.92. The highest BCUT2D eigenvalue weighted by molar-refractivity contribution is 6.23. The summed E-state index contributed by atoms with van der Waals surface area (Å²) >= 11 is 0. The second-order valence-electron chi connectivity index (χ2n) is 6.56. The predicted molar refractivity (Wildman–Crippen MR) is 102 cm³/mol. The van der Waals surface area contributed by atoms with Gasteiger partial charge in [-0.05, 0) is 30.2 Å². The van der Waals surface area contributed by atoms with Crippen LogP contribution in [0.2, 0.25) is 0 Å². The van der Waals surface area contributed by atoms with Crippen molar-refractivity contribution in [2.75, 3.05) is 0 Å². The van der Waals surface area contributed by atoms with Crippen molar-refractivity contribution in [1.82, 2.24) is 4.57 Å². The summed E-state index contributed by atoms with van der Waals surface area (Å²) in [6.45, 7) is 2.24. The van der Waals surface area contributed by atoms with E-state index in [0.29, 0.717) is 0 Å². The van der Waals surface area contributed by atoms with Crippen LogP contribution in [0.1, 0.15) is 18.9 Å². The zero-order chi connectivity index (χ0) is 16.3. The number of aromatic nitrogens is 1. The van der Waals surface area contributed by atoms with Gasteiger partial charge in [0.25, 0.3) is 0 Å². The Kier molecular flexibility index (Phi) is 2.78. The van der Waals surface area contributed by atoms with Gasteiger partial charge in [0.2, 0.25) is 0 Å². The Morgan fingerprint density at radius 2 is 1.71 bits per heavy atom. The van der Waals surface area contributed by atoms with Gasteiger partial charge in [-0.25, -0.2) is 0 Å². The molecule has 2 heteroatoms. The van der Waals surface area contributed by atoms with E-state index in [1.165, 1.54) is 38.1 Å². The molecule has 0 saturated carbocycles. The van der Waals surface area contributed by atoms with Gasteiger partial charge >= 0.3 is 0 Å². The fourth-order valence-corrected chi connectivity index (χ4v) is 4.10. The molecule has 0 spiro atoms. The molecule has 0 unspecified atom stereocenters. The van der Waals surface area contributed by atoms with Gasteiger partial charge in [0.1, 0.15) is 11.2 Å². The van der Waals surface area contributed by atoms with E-state index in [-0.39, 0.29) is 0 Å². The van der Waals surface area contributed by atoms with Crippen LogP contribution in [-0.4, -0.2) is 4.57 Å². The summed E-state index contributed by atoms with van der Waals surface area (Å²) < 4.78 is 8.60. The Hall–Kier alpha value is -2.74. The average Bonchev–Trinajstić information content (AvgIpc) is 3.12. The lowest BCUT2D eigenvalue weighted by Crippen LogP contribution is -1.92. The summed E-state index contributed by atoms with van der Waals surface area (Å²) in [6, 6.07) is 19.4. The average molecular weight is 313 g/mol. The van der Waals surface area contributed by atoms with Gasteiger partial charge in [0.05, 0.1) is 16.4 Å². The Balaban J connectivity index is 2.04. The molecule has 2 aromatic heterocycles.